The van der Waals surface area contributed by atoms with Crippen molar-refractivity contribution in [3.8, 4) is 0 Å². The van der Waals surface area contributed by atoms with Crippen molar-refractivity contribution in [2.75, 3.05) is 6.54 Å². The maximum atomic E-state index is 11.2. The highest BCUT2D eigenvalue weighted by Crippen LogP contribution is 2.09. The van der Waals surface area contributed by atoms with Gasteiger partial charge in [0.15, 0.2) is 0 Å². The first-order valence-corrected chi connectivity index (χ1v) is 5.84. The summed E-state index contributed by atoms with van der Waals surface area (Å²) in [4.78, 5) is 11.2. The van der Waals surface area contributed by atoms with Crippen molar-refractivity contribution in [3.63, 3.8) is 0 Å². The van der Waals surface area contributed by atoms with Crippen LogP contribution < -0.4 is 5.32 Å². The van der Waals surface area contributed by atoms with Crippen molar-refractivity contribution in [2.45, 2.75) is 51.4 Å². The summed E-state index contributed by atoms with van der Waals surface area (Å²) in [5, 5.41) is 2.90. The minimum Gasteiger partial charge on any atom is -0.353 e. The molecule has 1 amide bonds. The van der Waals surface area contributed by atoms with Crippen LogP contribution in [0, 0.1) is 0 Å². The van der Waals surface area contributed by atoms with E-state index < -0.39 is 0 Å². The van der Waals surface area contributed by atoms with E-state index in [1.165, 1.54) is 38.5 Å². The van der Waals surface area contributed by atoms with Gasteiger partial charge < -0.3 is 5.32 Å². The molecule has 0 spiro atoms. The molecule has 0 aromatic carbocycles. The molecule has 1 heterocycles. The van der Waals surface area contributed by atoms with E-state index in [0.29, 0.717) is 0 Å². The number of allylic oxidation sites excluding steroid dienone is 1. The molecule has 2 heteroatoms. The zero-order valence-corrected chi connectivity index (χ0v) is 8.93. The lowest BCUT2D eigenvalue weighted by molar-refractivity contribution is -0.116. The SMILES string of the molecule is O=C1/C=C\CCCCCCCCCN1. The molecule has 0 radical (unpaired) electrons. The van der Waals surface area contributed by atoms with Crippen LogP contribution in [0.2, 0.25) is 0 Å². The van der Waals surface area contributed by atoms with Crippen molar-refractivity contribution < 1.29 is 4.79 Å². The first-order chi connectivity index (χ1) is 6.89. The topological polar surface area (TPSA) is 29.1 Å². The zero-order valence-electron chi connectivity index (χ0n) is 8.93. The van der Waals surface area contributed by atoms with Crippen LogP contribution in [0.1, 0.15) is 51.4 Å². The lowest BCUT2D eigenvalue weighted by Gasteiger charge is -2.01. The van der Waals surface area contributed by atoms with E-state index in [4.69, 9.17) is 0 Å². The van der Waals surface area contributed by atoms with Crippen molar-refractivity contribution in [2.24, 2.45) is 0 Å². The number of hydrogen-bond acceptors (Lipinski definition) is 1. The second-order valence-electron chi connectivity index (χ2n) is 3.96. The largest absolute Gasteiger partial charge is 0.353 e. The highest BCUT2D eigenvalue weighted by atomic mass is 16.1. The Balaban J connectivity index is 2.24. The molecule has 0 fully saturated rings. The monoisotopic (exact) mass is 195 g/mol. The van der Waals surface area contributed by atoms with Crippen LogP contribution in [0.4, 0.5) is 0 Å². The van der Waals surface area contributed by atoms with Crippen LogP contribution in [0.15, 0.2) is 12.2 Å². The molecule has 0 unspecified atom stereocenters. The third-order valence-corrected chi connectivity index (χ3v) is 2.62. The van der Waals surface area contributed by atoms with Crippen LogP contribution in [0.3, 0.4) is 0 Å². The highest BCUT2D eigenvalue weighted by molar-refractivity contribution is 5.87. The highest BCUT2D eigenvalue weighted by Gasteiger charge is 1.96. The third kappa shape index (κ3) is 5.79. The molecule has 14 heavy (non-hydrogen) atoms. The molecule has 80 valence electrons. The summed E-state index contributed by atoms with van der Waals surface area (Å²) in [5.41, 5.74) is 0. The number of carbonyl (C=O) groups is 1. The number of carbonyl (C=O) groups excluding carboxylic acids is 1. The van der Waals surface area contributed by atoms with Crippen molar-refractivity contribution in [1.82, 2.24) is 5.32 Å². The lowest BCUT2D eigenvalue weighted by atomic mass is 10.1. The first kappa shape index (κ1) is 11.3. The number of amides is 1. The minimum atomic E-state index is 0.0734. The summed E-state index contributed by atoms with van der Waals surface area (Å²) in [5.74, 6) is 0.0734. The van der Waals surface area contributed by atoms with E-state index >= 15 is 0 Å². The van der Waals surface area contributed by atoms with Crippen LogP contribution in [0.25, 0.3) is 0 Å². The van der Waals surface area contributed by atoms with Gasteiger partial charge in [-0.2, -0.15) is 0 Å². The smallest absolute Gasteiger partial charge is 0.243 e. The fourth-order valence-corrected chi connectivity index (χ4v) is 1.73. The Labute approximate surface area is 86.8 Å². The molecule has 0 atom stereocenters. The Morgan fingerprint density at radius 3 is 2.36 bits per heavy atom. The fourth-order valence-electron chi connectivity index (χ4n) is 1.73. The van der Waals surface area contributed by atoms with Crippen LogP contribution in [0.5, 0.6) is 0 Å². The Morgan fingerprint density at radius 2 is 1.57 bits per heavy atom. The summed E-state index contributed by atoms with van der Waals surface area (Å²) in [6.07, 6.45) is 13.7. The molecular formula is C12H21NO. The van der Waals surface area contributed by atoms with Crippen LogP contribution >= 0.6 is 0 Å². The Bertz CT molecular complexity index is 187. The molecule has 0 aromatic heterocycles. The lowest BCUT2D eigenvalue weighted by Crippen LogP contribution is -2.21. The molecule has 1 aliphatic heterocycles. The van der Waals surface area contributed by atoms with Gasteiger partial charge in [-0.3, -0.25) is 4.79 Å². The molecule has 0 aromatic rings. The Kier molecular flexibility index (Phi) is 6.13. The predicted octanol–water partition coefficient (Wildman–Crippen LogP) is 2.79. The van der Waals surface area contributed by atoms with Crippen LogP contribution in [-0.4, -0.2) is 12.5 Å². The van der Waals surface area contributed by atoms with Gasteiger partial charge in [-0.1, -0.05) is 38.2 Å². The fraction of sp³-hybridized carbons (Fsp3) is 0.750. The van der Waals surface area contributed by atoms with Gasteiger partial charge in [-0.05, 0) is 25.3 Å². The van der Waals surface area contributed by atoms with Gasteiger partial charge in [0.1, 0.15) is 0 Å². The van der Waals surface area contributed by atoms with E-state index in [1.54, 1.807) is 6.08 Å². The number of hydrogen-bond donors (Lipinski definition) is 1. The third-order valence-electron chi connectivity index (χ3n) is 2.62. The van der Waals surface area contributed by atoms with Crippen molar-refractivity contribution in [3.05, 3.63) is 12.2 Å². The quantitative estimate of drug-likeness (QED) is 0.632. The average molecular weight is 195 g/mol. The number of rotatable bonds is 0. The van der Waals surface area contributed by atoms with Gasteiger partial charge in [-0.15, -0.1) is 0 Å². The van der Waals surface area contributed by atoms with Gasteiger partial charge in [0.25, 0.3) is 0 Å². The number of nitrogens with one attached hydrogen (secondary N) is 1. The predicted molar refractivity (Wildman–Crippen MR) is 59.1 cm³/mol. The molecule has 1 N–H and O–H groups in total. The van der Waals surface area contributed by atoms with Gasteiger partial charge >= 0.3 is 0 Å². The standard InChI is InChI=1S/C12H21NO/c14-12-10-8-6-4-2-1-3-5-7-9-11-13-12/h8,10H,1-7,9,11H2,(H,13,14)/b10-8-. The average Bonchev–Trinajstić information content (AvgIpc) is 2.20. The zero-order chi connectivity index (χ0) is 10.1. The van der Waals surface area contributed by atoms with E-state index in [1.807, 2.05) is 6.08 Å². The summed E-state index contributed by atoms with van der Waals surface area (Å²) in [6.45, 7) is 0.836. The van der Waals surface area contributed by atoms with Gasteiger partial charge in [-0.25, -0.2) is 0 Å². The molecular weight excluding hydrogens is 174 g/mol. The van der Waals surface area contributed by atoms with Crippen molar-refractivity contribution in [1.29, 1.82) is 0 Å². The van der Waals surface area contributed by atoms with Crippen molar-refractivity contribution >= 4 is 5.91 Å². The second kappa shape index (κ2) is 7.60. The normalized spacial score (nSPS) is 23.9. The van der Waals surface area contributed by atoms with Crippen LogP contribution in [-0.2, 0) is 4.79 Å². The Hall–Kier alpha value is -0.790. The molecule has 2 nitrogen and oxygen atoms in total. The van der Waals surface area contributed by atoms with E-state index in [9.17, 15) is 4.79 Å². The summed E-state index contributed by atoms with van der Waals surface area (Å²) in [6, 6.07) is 0. The van der Waals surface area contributed by atoms with E-state index in [2.05, 4.69) is 5.32 Å². The summed E-state index contributed by atoms with van der Waals surface area (Å²) >= 11 is 0. The maximum absolute atomic E-state index is 11.2. The molecule has 0 aliphatic carbocycles. The molecule has 1 rings (SSSR count). The van der Waals surface area contributed by atoms with E-state index in [0.717, 1.165) is 19.4 Å². The second-order valence-corrected chi connectivity index (χ2v) is 3.96. The molecule has 1 aliphatic rings. The molecule has 0 saturated heterocycles. The van der Waals surface area contributed by atoms with Gasteiger partial charge in [0.2, 0.25) is 5.91 Å². The van der Waals surface area contributed by atoms with Gasteiger partial charge in [0, 0.05) is 6.54 Å². The minimum absolute atomic E-state index is 0.0734. The maximum Gasteiger partial charge on any atom is 0.243 e. The Morgan fingerprint density at radius 1 is 0.929 bits per heavy atom. The van der Waals surface area contributed by atoms with E-state index in [-0.39, 0.29) is 5.91 Å². The summed E-state index contributed by atoms with van der Waals surface area (Å²) < 4.78 is 0. The van der Waals surface area contributed by atoms with Gasteiger partial charge in [0.05, 0.1) is 0 Å². The summed E-state index contributed by atoms with van der Waals surface area (Å²) in [7, 11) is 0. The molecule has 0 saturated carbocycles. The first-order valence-electron chi connectivity index (χ1n) is 5.84. The molecule has 0 bridgehead atoms.